The molecule has 10 rings (SSSR count). The number of aliphatic hydroxyl groups is 1. The normalized spacial score (nSPS) is 42.1. The predicted molar refractivity (Wildman–Crippen MR) is 186 cm³/mol. The first kappa shape index (κ1) is 36.1. The summed E-state index contributed by atoms with van der Waals surface area (Å²) in [6.07, 6.45) is -6.72. The largest absolute Gasteiger partial charge is 0.461 e. The average Bonchev–Trinajstić information content (AvgIpc) is 3.46. The first-order chi connectivity index (χ1) is 25.7. The molecular weight excluding hydrogens is 698 g/mol. The molecule has 0 unspecified atom stereocenters. The van der Waals surface area contributed by atoms with Gasteiger partial charge in [-0.2, -0.15) is 0 Å². The van der Waals surface area contributed by atoms with Crippen LogP contribution in [0.4, 0.5) is 0 Å². The molecule has 54 heavy (non-hydrogen) atoms. The van der Waals surface area contributed by atoms with Gasteiger partial charge in [-0.25, -0.2) is 9.59 Å². The highest BCUT2D eigenvalue weighted by Crippen LogP contribution is 2.85. The molecule has 2 spiro atoms. The zero-order valence-corrected chi connectivity index (χ0v) is 30.6. The minimum absolute atomic E-state index is 0.163. The van der Waals surface area contributed by atoms with Crippen molar-refractivity contribution in [3.63, 3.8) is 0 Å². The molecule has 13 heteroatoms. The summed E-state index contributed by atoms with van der Waals surface area (Å²) in [7, 11) is 1.80. The summed E-state index contributed by atoms with van der Waals surface area (Å²) in [6.45, 7) is 9.63. The van der Waals surface area contributed by atoms with Crippen molar-refractivity contribution in [1.29, 1.82) is 0 Å². The van der Waals surface area contributed by atoms with Gasteiger partial charge in [0.05, 0.1) is 28.6 Å². The van der Waals surface area contributed by atoms with Crippen LogP contribution in [0.2, 0.25) is 0 Å². The molecule has 1 N–H and O–H groups in total. The molecule has 0 radical (unpaired) electrons. The number of hydrogen-bond acceptors (Lipinski definition) is 13. The Labute approximate surface area is 311 Å². The van der Waals surface area contributed by atoms with Crippen molar-refractivity contribution in [3.8, 4) is 0 Å². The molecule has 2 aliphatic heterocycles. The van der Waals surface area contributed by atoms with Gasteiger partial charge in [-0.3, -0.25) is 19.3 Å². The Bertz CT molecular complexity index is 1950. The fraction of sp³-hybridized carbons (Fsp3) is 0.512. The van der Waals surface area contributed by atoms with Crippen LogP contribution in [0.3, 0.4) is 0 Å². The van der Waals surface area contributed by atoms with Crippen LogP contribution in [0, 0.1) is 39.9 Å². The zero-order valence-electron chi connectivity index (χ0n) is 30.6. The van der Waals surface area contributed by atoms with Gasteiger partial charge in [0.25, 0.3) is 0 Å². The predicted octanol–water partition coefficient (Wildman–Crippen LogP) is 2.93. The van der Waals surface area contributed by atoms with E-state index in [-0.39, 0.29) is 12.0 Å². The van der Waals surface area contributed by atoms with E-state index in [1.165, 1.54) is 20.8 Å². The third kappa shape index (κ3) is 4.51. The fourth-order valence-electron chi connectivity index (χ4n) is 12.7. The van der Waals surface area contributed by atoms with E-state index in [9.17, 15) is 33.9 Å². The molecule has 15 atom stereocenters. The van der Waals surface area contributed by atoms with Gasteiger partial charge >= 0.3 is 29.8 Å². The monoisotopic (exact) mass is 741 g/mol. The lowest BCUT2D eigenvalue weighted by molar-refractivity contribution is -0.301. The summed E-state index contributed by atoms with van der Waals surface area (Å²) in [4.78, 5) is 83.0. The Morgan fingerprint density at radius 3 is 1.80 bits per heavy atom. The number of hydrogen-bond donors (Lipinski definition) is 1. The summed E-state index contributed by atoms with van der Waals surface area (Å²) in [5.41, 5.74) is -3.13. The van der Waals surface area contributed by atoms with E-state index >= 15 is 0 Å². The standard InChI is InChI=1S/C41H43NO12/c1-19-17-40-26-28(53-37(48)23-13-9-7-10-14-23)25(19)29(50-20(2)44)32(40)41-31(27(34(40)47)42(6)33(26)41)39(5,18-43)35(51-21(3)45)30(36(41)52-22(4)46)54-38(49)24-15-11-8-12-16-24/h7-16,18,25-36,47H,1,17H2,2-6H3/t25-,26-,27+,28-,29+,30-,31+,32+,33+,34+,35-,36+,39-,40-,41+/m0/s1. The van der Waals surface area contributed by atoms with Crippen molar-refractivity contribution >= 4 is 36.1 Å². The number of carbonyl (C=O) groups excluding carboxylic acids is 6. The summed E-state index contributed by atoms with van der Waals surface area (Å²) in [5, 5.41) is 12.9. The summed E-state index contributed by atoms with van der Waals surface area (Å²) < 4.78 is 31.3. The second-order valence-electron chi connectivity index (χ2n) is 16.1. The van der Waals surface area contributed by atoms with E-state index in [1.807, 2.05) is 4.90 Å². The topological polar surface area (TPSA) is 172 Å². The van der Waals surface area contributed by atoms with E-state index in [0.717, 1.165) is 0 Å². The van der Waals surface area contributed by atoms with Crippen LogP contribution in [0.15, 0.2) is 72.8 Å². The van der Waals surface area contributed by atoms with Gasteiger partial charge in [-0.1, -0.05) is 48.6 Å². The lowest BCUT2D eigenvalue weighted by Gasteiger charge is -2.70. The second kappa shape index (κ2) is 12.3. The lowest BCUT2D eigenvalue weighted by atomic mass is 9.37. The van der Waals surface area contributed by atoms with Crippen LogP contribution in [0.1, 0.15) is 54.8 Å². The quantitative estimate of drug-likeness (QED) is 0.181. The third-order valence-corrected chi connectivity index (χ3v) is 13.7. The average molecular weight is 742 g/mol. The number of piperidine rings is 1. The van der Waals surface area contributed by atoms with Gasteiger partial charge in [-0.05, 0) is 44.7 Å². The molecule has 0 amide bonds. The summed E-state index contributed by atoms with van der Waals surface area (Å²) in [5.74, 6) is -6.72. The minimum atomic E-state index is -1.66. The second-order valence-corrected chi connectivity index (χ2v) is 16.1. The van der Waals surface area contributed by atoms with Crippen LogP contribution < -0.4 is 0 Å². The smallest absolute Gasteiger partial charge is 0.338 e. The molecule has 2 heterocycles. The first-order valence-electron chi connectivity index (χ1n) is 18.2. The molecule has 284 valence electrons. The Balaban J connectivity index is 1.39. The maximum Gasteiger partial charge on any atom is 0.338 e. The lowest BCUT2D eigenvalue weighted by Crippen LogP contribution is -2.79. The SMILES string of the molecule is C=C1C[C@]23[C@H]4[C@@H](OC(=O)c5ccccc5)[C@H]1[C@@H](OC(C)=O)[C@H]2[C@]12[C@H](OC(C)=O)[C@@H](OC(=O)c5ccccc5)[C@H](OC(C)=O)[C@@](C)(C=O)[C@H]1[C@H]([C@H]3O)N(C)[C@H]42. The van der Waals surface area contributed by atoms with E-state index in [2.05, 4.69) is 6.58 Å². The number of benzene rings is 2. The molecule has 6 saturated carbocycles. The van der Waals surface area contributed by atoms with Gasteiger partial charge in [0.1, 0.15) is 18.5 Å². The zero-order chi connectivity index (χ0) is 38.6. The van der Waals surface area contributed by atoms with Crippen molar-refractivity contribution in [3.05, 3.63) is 83.9 Å². The number of likely N-dealkylation sites (N-methyl/N-ethyl adjacent to an activating group) is 1. The van der Waals surface area contributed by atoms with Gasteiger partial charge < -0.3 is 33.6 Å². The Morgan fingerprint density at radius 1 is 0.759 bits per heavy atom. The Kier molecular flexibility index (Phi) is 8.24. The van der Waals surface area contributed by atoms with Crippen LogP contribution >= 0.6 is 0 Å². The number of rotatable bonds is 8. The number of fused-ring (bicyclic) bond motifs is 1. The number of ether oxygens (including phenoxy) is 5. The van der Waals surface area contributed by atoms with Gasteiger partial charge in [0.2, 0.25) is 0 Å². The molecule has 2 aromatic carbocycles. The molecule has 0 aromatic heterocycles. The Hall–Kier alpha value is -4.88. The fourth-order valence-corrected chi connectivity index (χ4v) is 12.7. The van der Waals surface area contributed by atoms with Crippen LogP contribution in [0.25, 0.3) is 0 Å². The minimum Gasteiger partial charge on any atom is -0.461 e. The van der Waals surface area contributed by atoms with Gasteiger partial charge in [0.15, 0.2) is 18.3 Å². The molecular formula is C41H43NO12. The molecule has 6 aliphatic carbocycles. The maximum absolute atomic E-state index is 14.0. The Morgan fingerprint density at radius 2 is 1.28 bits per heavy atom. The van der Waals surface area contributed by atoms with E-state index in [1.54, 1.807) is 74.6 Å². The molecule has 13 nitrogen and oxygen atoms in total. The van der Waals surface area contributed by atoms with Crippen molar-refractivity contribution in [1.82, 2.24) is 4.90 Å². The van der Waals surface area contributed by atoms with Crippen molar-refractivity contribution in [2.45, 2.75) is 82.8 Å². The van der Waals surface area contributed by atoms with Gasteiger partial charge in [-0.15, -0.1) is 0 Å². The number of carbonyl (C=O) groups is 6. The van der Waals surface area contributed by atoms with Crippen molar-refractivity contribution < 1.29 is 57.6 Å². The van der Waals surface area contributed by atoms with E-state index < -0.39 is 118 Å². The summed E-state index contributed by atoms with van der Waals surface area (Å²) >= 11 is 0. The maximum atomic E-state index is 14.0. The van der Waals surface area contributed by atoms with Crippen LogP contribution in [0.5, 0.6) is 0 Å². The molecule has 8 aliphatic rings. The molecule has 8 fully saturated rings. The summed E-state index contributed by atoms with van der Waals surface area (Å²) in [6, 6.07) is 15.1. The third-order valence-electron chi connectivity index (χ3n) is 13.7. The van der Waals surface area contributed by atoms with Crippen molar-refractivity contribution in [2.24, 2.45) is 39.9 Å². The first-order valence-corrected chi connectivity index (χ1v) is 18.2. The highest BCUT2D eigenvalue weighted by molar-refractivity contribution is 5.90. The van der Waals surface area contributed by atoms with Crippen molar-refractivity contribution in [2.75, 3.05) is 7.05 Å². The van der Waals surface area contributed by atoms with Crippen LogP contribution in [-0.2, 0) is 42.9 Å². The van der Waals surface area contributed by atoms with Crippen LogP contribution in [-0.4, -0.2) is 102 Å². The number of nitrogens with zero attached hydrogens (tertiary/aromatic N) is 1. The number of aldehydes is 1. The number of aliphatic hydroxyl groups excluding tert-OH is 1. The molecule has 7 bridgehead atoms. The van der Waals surface area contributed by atoms with E-state index in [4.69, 9.17) is 23.7 Å². The van der Waals surface area contributed by atoms with Gasteiger partial charge in [0, 0.05) is 61.4 Å². The molecule has 2 aromatic rings. The highest BCUT2D eigenvalue weighted by atomic mass is 16.6. The van der Waals surface area contributed by atoms with E-state index in [0.29, 0.717) is 17.4 Å². The molecule has 2 saturated heterocycles. The number of esters is 5. The highest BCUT2D eigenvalue weighted by Gasteiger charge is 2.95.